The Kier molecular flexibility index (Phi) is 10.7. The van der Waals surface area contributed by atoms with Gasteiger partial charge in [0.05, 0.1) is 35.5 Å². The number of anilines is 2. The monoisotopic (exact) mass is 766 g/mol. The lowest BCUT2D eigenvalue weighted by molar-refractivity contribution is 0.159. The van der Waals surface area contributed by atoms with Crippen molar-refractivity contribution in [3.63, 3.8) is 0 Å². The Balaban J connectivity index is 0.000000278. The first kappa shape index (κ1) is 38.1. The summed E-state index contributed by atoms with van der Waals surface area (Å²) in [6.45, 7) is 7.83. The second-order valence-corrected chi connectivity index (χ2v) is 14.9. The van der Waals surface area contributed by atoms with Crippen molar-refractivity contribution in [1.29, 1.82) is 0 Å². The Morgan fingerprint density at radius 1 is 0.964 bits per heavy atom. The van der Waals surface area contributed by atoms with Gasteiger partial charge in [0.15, 0.2) is 0 Å². The number of benzene rings is 2. The van der Waals surface area contributed by atoms with Gasteiger partial charge in [-0.2, -0.15) is 0 Å². The van der Waals surface area contributed by atoms with Crippen molar-refractivity contribution >= 4 is 40.0 Å². The topological polar surface area (TPSA) is 145 Å². The van der Waals surface area contributed by atoms with E-state index >= 15 is 0 Å². The zero-order valence-electron chi connectivity index (χ0n) is 32.1. The zero-order valence-corrected chi connectivity index (χ0v) is 32.9. The van der Waals surface area contributed by atoms with Crippen LogP contribution in [0.5, 0.6) is 5.88 Å². The minimum Gasteiger partial charge on any atom is -0.481 e. The number of carbonyl (C=O) groups is 1. The van der Waals surface area contributed by atoms with Crippen molar-refractivity contribution in [2.24, 2.45) is 14.1 Å². The van der Waals surface area contributed by atoms with Crippen molar-refractivity contribution in [2.75, 3.05) is 52.3 Å². The molecule has 2 saturated heterocycles. The first-order valence-electron chi connectivity index (χ1n) is 18.5. The molecule has 5 heterocycles. The minimum atomic E-state index is -0.403. The molecule has 1 atom stereocenters. The summed E-state index contributed by atoms with van der Waals surface area (Å²) < 4.78 is 13.2. The van der Waals surface area contributed by atoms with Crippen molar-refractivity contribution < 1.29 is 14.3 Å². The zero-order chi connectivity index (χ0) is 39.0. The fraction of sp³-hybridized carbons (Fsp3) is 0.390. The molecule has 14 heteroatoms. The van der Waals surface area contributed by atoms with Crippen LogP contribution in [-0.2, 0) is 31.7 Å². The van der Waals surface area contributed by atoms with E-state index in [0.717, 1.165) is 83.5 Å². The Morgan fingerprint density at radius 3 is 2.47 bits per heavy atom. The average Bonchev–Trinajstić information content (AvgIpc) is 3.92. The van der Waals surface area contributed by atoms with Gasteiger partial charge in [-0.05, 0) is 81.0 Å². The molecule has 3 aliphatic rings. The SMILES string of the molecule is COCCN1CC2(CCNC2)NC1=O.COc1nc(-c2cccc(-c3cccc(Nc4nc(C)cc5c4c(=O)n(C)c(=O)n5C)c3C)c2Cl)cc2c1CCC2. The highest BCUT2D eigenvalue weighted by atomic mass is 35.5. The molecular weight excluding hydrogens is 720 g/mol. The molecule has 3 aromatic heterocycles. The quantitative estimate of drug-likeness (QED) is 0.193. The van der Waals surface area contributed by atoms with Crippen molar-refractivity contribution in [3.8, 4) is 28.3 Å². The Morgan fingerprint density at radius 2 is 1.73 bits per heavy atom. The lowest BCUT2D eigenvalue weighted by Crippen LogP contribution is -2.45. The van der Waals surface area contributed by atoms with Gasteiger partial charge in [-0.25, -0.2) is 19.6 Å². The molecule has 2 fully saturated rings. The fourth-order valence-corrected chi connectivity index (χ4v) is 8.26. The Bertz CT molecular complexity index is 2420. The van der Waals surface area contributed by atoms with E-state index in [2.05, 4.69) is 27.0 Å². The number of rotatable bonds is 8. The second kappa shape index (κ2) is 15.5. The van der Waals surface area contributed by atoms with Crippen LogP contribution in [0.15, 0.2) is 58.1 Å². The van der Waals surface area contributed by atoms with E-state index in [4.69, 9.17) is 26.1 Å². The molecule has 3 N–H and O–H groups in total. The van der Waals surface area contributed by atoms with Gasteiger partial charge in [-0.1, -0.05) is 41.9 Å². The third-order valence-corrected chi connectivity index (χ3v) is 11.3. The summed E-state index contributed by atoms with van der Waals surface area (Å²) in [7, 11) is 6.44. The maximum Gasteiger partial charge on any atom is 0.330 e. The van der Waals surface area contributed by atoms with E-state index in [0.29, 0.717) is 46.5 Å². The van der Waals surface area contributed by atoms with Gasteiger partial charge in [-0.3, -0.25) is 13.9 Å². The number of carbonyl (C=O) groups excluding carboxylic acids is 1. The number of amides is 2. The smallest absolute Gasteiger partial charge is 0.330 e. The van der Waals surface area contributed by atoms with Crippen LogP contribution in [0, 0.1) is 13.8 Å². The number of ether oxygens (including phenoxy) is 2. The Hall–Kier alpha value is -5.24. The lowest BCUT2D eigenvalue weighted by Gasteiger charge is -2.21. The molecule has 0 bridgehead atoms. The van der Waals surface area contributed by atoms with E-state index < -0.39 is 5.56 Å². The van der Waals surface area contributed by atoms with Crippen LogP contribution in [-0.4, -0.2) is 82.6 Å². The molecular formula is C41H47ClN8O5. The van der Waals surface area contributed by atoms with Crippen LogP contribution in [0.25, 0.3) is 33.3 Å². The summed E-state index contributed by atoms with van der Waals surface area (Å²) in [5, 5.41) is 10.7. The van der Waals surface area contributed by atoms with Crippen LogP contribution >= 0.6 is 11.6 Å². The van der Waals surface area contributed by atoms with Gasteiger partial charge in [0.1, 0.15) is 11.2 Å². The van der Waals surface area contributed by atoms with E-state index in [9.17, 15) is 14.4 Å². The highest BCUT2D eigenvalue weighted by Gasteiger charge is 2.44. The summed E-state index contributed by atoms with van der Waals surface area (Å²) in [5.74, 6) is 1.06. The van der Waals surface area contributed by atoms with Gasteiger partial charge < -0.3 is 30.3 Å². The number of aryl methyl sites for hydroxylation is 3. The predicted molar refractivity (Wildman–Crippen MR) is 216 cm³/mol. The van der Waals surface area contributed by atoms with E-state index in [1.165, 1.54) is 22.7 Å². The summed E-state index contributed by atoms with van der Waals surface area (Å²) in [6.07, 6.45) is 4.11. The average molecular weight is 767 g/mol. The molecule has 5 aromatic rings. The van der Waals surface area contributed by atoms with Crippen LogP contribution < -0.4 is 31.9 Å². The van der Waals surface area contributed by atoms with E-state index in [-0.39, 0.29) is 17.3 Å². The standard InChI is InChI=1S/C32H30ClN5O3.C9H17N3O2/c1-17-15-26-27(31(39)38(4)32(40)37(26)3)29(34-17)35-24-14-8-10-20(18(24)2)22-12-7-13-23(28(22)33)25-16-19-9-6-11-21(19)30(36-25)41-5;1-14-5-4-12-7-9(11-8(12)13)2-3-10-6-9/h7-8,10,12-16H,6,9,11H2,1-5H3,(H,34,35);10H,2-7H2,1H3,(H,11,13). The second-order valence-electron chi connectivity index (χ2n) is 14.5. The number of nitrogens with one attached hydrogen (secondary N) is 3. The molecule has 55 heavy (non-hydrogen) atoms. The van der Waals surface area contributed by atoms with E-state index in [1.807, 2.05) is 55.1 Å². The molecule has 2 amide bonds. The largest absolute Gasteiger partial charge is 0.481 e. The molecule has 13 nitrogen and oxygen atoms in total. The summed E-state index contributed by atoms with van der Waals surface area (Å²) in [5.41, 5.74) is 8.00. The first-order valence-corrected chi connectivity index (χ1v) is 18.9. The van der Waals surface area contributed by atoms with Crippen LogP contribution in [0.1, 0.15) is 35.2 Å². The van der Waals surface area contributed by atoms with Gasteiger partial charge in [0.25, 0.3) is 5.56 Å². The van der Waals surface area contributed by atoms with Crippen LogP contribution in [0.3, 0.4) is 0 Å². The summed E-state index contributed by atoms with van der Waals surface area (Å²) in [4.78, 5) is 48.6. The third-order valence-electron chi connectivity index (χ3n) is 10.9. The Labute approximate surface area is 324 Å². The molecule has 8 rings (SSSR count). The number of halogens is 1. The molecule has 1 aliphatic carbocycles. The molecule has 2 aliphatic heterocycles. The predicted octanol–water partition coefficient (Wildman–Crippen LogP) is 5.26. The highest BCUT2D eigenvalue weighted by molar-refractivity contribution is 6.36. The number of pyridine rings is 2. The molecule has 1 spiro atoms. The maximum absolute atomic E-state index is 13.2. The van der Waals surface area contributed by atoms with Crippen molar-refractivity contribution in [1.82, 2.24) is 34.6 Å². The molecule has 0 saturated carbocycles. The number of fused-ring (bicyclic) bond motifs is 2. The summed E-state index contributed by atoms with van der Waals surface area (Å²) >= 11 is 7.09. The van der Waals surface area contributed by atoms with Crippen molar-refractivity contribution in [3.05, 3.63) is 96.8 Å². The third kappa shape index (κ3) is 7.19. The number of methoxy groups -OCH3 is 2. The van der Waals surface area contributed by atoms with Gasteiger partial charge in [0, 0.05) is 68.9 Å². The van der Waals surface area contributed by atoms with Gasteiger partial charge in [-0.15, -0.1) is 0 Å². The summed E-state index contributed by atoms with van der Waals surface area (Å²) in [6, 6.07) is 15.8. The highest BCUT2D eigenvalue weighted by Crippen LogP contribution is 2.41. The normalized spacial score (nSPS) is 17.4. The minimum absolute atomic E-state index is 0.00910. The van der Waals surface area contributed by atoms with Crippen molar-refractivity contribution in [2.45, 2.75) is 45.1 Å². The van der Waals surface area contributed by atoms with E-state index in [1.54, 1.807) is 27.3 Å². The number of hydrogen-bond acceptors (Lipinski definition) is 9. The van der Waals surface area contributed by atoms with Crippen LogP contribution in [0.2, 0.25) is 5.02 Å². The lowest BCUT2D eigenvalue weighted by atomic mass is 9.96. The number of hydrogen-bond donors (Lipinski definition) is 3. The molecule has 2 aromatic carbocycles. The molecule has 288 valence electrons. The van der Waals surface area contributed by atoms with Gasteiger partial charge >= 0.3 is 11.7 Å². The number of nitrogens with zero attached hydrogens (tertiary/aromatic N) is 5. The van der Waals surface area contributed by atoms with Gasteiger partial charge in [0.2, 0.25) is 5.88 Å². The molecule has 0 radical (unpaired) electrons. The fourth-order valence-electron chi connectivity index (χ4n) is 7.93. The first-order chi connectivity index (χ1) is 26.4. The maximum atomic E-state index is 13.2. The molecule has 1 unspecified atom stereocenters. The number of aromatic nitrogens is 4. The number of urea groups is 1. The van der Waals surface area contributed by atoms with Crippen LogP contribution in [0.4, 0.5) is 16.3 Å².